The van der Waals surface area contributed by atoms with Crippen molar-refractivity contribution in [3.8, 4) is 0 Å². The van der Waals surface area contributed by atoms with E-state index in [1.165, 1.54) is 6.92 Å². The number of aromatic nitrogens is 1. The van der Waals surface area contributed by atoms with Crippen LogP contribution in [0.25, 0.3) is 0 Å². The molecular weight excluding hydrogens is 556 g/mol. The molecule has 0 saturated heterocycles. The average molecular weight is 593 g/mol. The van der Waals surface area contributed by atoms with E-state index in [0.717, 1.165) is 27.8 Å². The summed E-state index contributed by atoms with van der Waals surface area (Å²) >= 11 is 0. The minimum absolute atomic E-state index is 0.0467. The van der Waals surface area contributed by atoms with Gasteiger partial charge in [0.15, 0.2) is 0 Å². The highest BCUT2D eigenvalue weighted by Crippen LogP contribution is 2.68. The molecule has 2 aromatic carbocycles. The first-order valence-electron chi connectivity index (χ1n) is 15.1. The molecule has 8 rings (SSSR count). The lowest BCUT2D eigenvalue weighted by molar-refractivity contribution is -0.193. The van der Waals surface area contributed by atoms with Gasteiger partial charge in [-0.2, -0.15) is 0 Å². The molecule has 44 heavy (non-hydrogen) atoms. The first-order chi connectivity index (χ1) is 21.1. The molecule has 10 nitrogen and oxygen atoms in total. The van der Waals surface area contributed by atoms with E-state index in [1.54, 1.807) is 11.1 Å². The number of benzene rings is 2. The van der Waals surface area contributed by atoms with Gasteiger partial charge in [0.05, 0.1) is 10.8 Å². The fourth-order valence-electron chi connectivity index (χ4n) is 8.05. The van der Waals surface area contributed by atoms with Gasteiger partial charge < -0.3 is 26.2 Å². The third-order valence-corrected chi connectivity index (χ3v) is 9.86. The summed E-state index contributed by atoms with van der Waals surface area (Å²) in [6.07, 6.45) is 4.60. The Balaban J connectivity index is 1.08. The second-order valence-corrected chi connectivity index (χ2v) is 13.1. The van der Waals surface area contributed by atoms with Crippen LogP contribution in [-0.4, -0.2) is 52.6 Å². The number of anilines is 2. The Labute approximate surface area is 256 Å². The van der Waals surface area contributed by atoms with Crippen molar-refractivity contribution in [1.29, 1.82) is 0 Å². The monoisotopic (exact) mass is 592 g/mol. The fourth-order valence-corrected chi connectivity index (χ4v) is 8.05. The molecule has 4 aliphatic carbocycles. The summed E-state index contributed by atoms with van der Waals surface area (Å²) in [6, 6.07) is 17.5. The van der Waals surface area contributed by atoms with Crippen LogP contribution in [0.15, 0.2) is 60.8 Å². The Hall–Kier alpha value is -4.57. The zero-order chi connectivity index (χ0) is 30.7. The van der Waals surface area contributed by atoms with Gasteiger partial charge in [-0.05, 0) is 79.6 Å². The van der Waals surface area contributed by atoms with Crippen molar-refractivity contribution in [3.05, 3.63) is 88.6 Å². The van der Waals surface area contributed by atoms with Crippen LogP contribution in [0.3, 0.4) is 0 Å². The Morgan fingerprint density at radius 1 is 0.977 bits per heavy atom. The van der Waals surface area contributed by atoms with Gasteiger partial charge in [-0.25, -0.2) is 4.98 Å². The molecule has 3 aromatic rings. The number of rotatable bonds is 9. The molecule has 0 unspecified atom stereocenters. The second-order valence-electron chi connectivity index (χ2n) is 13.1. The molecule has 2 bridgehead atoms. The largest absolute Gasteiger partial charge is 0.351 e. The Morgan fingerprint density at radius 3 is 2.48 bits per heavy atom. The van der Waals surface area contributed by atoms with Gasteiger partial charge in [-0.1, -0.05) is 36.4 Å². The van der Waals surface area contributed by atoms with Crippen molar-refractivity contribution < 1.29 is 19.2 Å². The topological polar surface area (TPSA) is 133 Å². The summed E-state index contributed by atoms with van der Waals surface area (Å²) in [5.41, 5.74) is 4.19. The first-order valence-corrected chi connectivity index (χ1v) is 15.1. The summed E-state index contributed by atoms with van der Waals surface area (Å²) in [6.45, 7) is 2.37. The molecule has 4 N–H and O–H groups in total. The van der Waals surface area contributed by atoms with Gasteiger partial charge in [-0.3, -0.25) is 19.2 Å². The maximum Gasteiger partial charge on any atom is 0.244 e. The number of fused-ring (bicyclic) bond motifs is 3. The first kappa shape index (κ1) is 28.2. The van der Waals surface area contributed by atoms with Gasteiger partial charge in [0, 0.05) is 43.0 Å². The van der Waals surface area contributed by atoms with Gasteiger partial charge in [0.2, 0.25) is 23.6 Å². The number of hydrogen-bond donors (Lipinski definition) is 4. The van der Waals surface area contributed by atoms with E-state index in [4.69, 9.17) is 0 Å². The van der Waals surface area contributed by atoms with E-state index in [0.29, 0.717) is 56.7 Å². The molecule has 1 atom stereocenters. The SMILES string of the molecule is CNCc1ccccc1CN(CC(=O)Nc1ccc2c(c1)C[C@@]1(C2)C(=O)Nc2ncccc21)C(=O)C12CC(NC(C)=O)(C1)C2. The Bertz CT molecular complexity index is 1700. The molecule has 3 saturated carbocycles. The second kappa shape index (κ2) is 10.3. The highest BCUT2D eigenvalue weighted by atomic mass is 16.2. The van der Waals surface area contributed by atoms with Crippen LogP contribution in [0.2, 0.25) is 0 Å². The highest BCUT2D eigenvalue weighted by Gasteiger charge is 2.72. The minimum atomic E-state index is -0.685. The van der Waals surface area contributed by atoms with E-state index < -0.39 is 10.8 Å². The van der Waals surface area contributed by atoms with E-state index >= 15 is 0 Å². The molecule has 226 valence electrons. The third kappa shape index (κ3) is 4.55. The summed E-state index contributed by atoms with van der Waals surface area (Å²) in [5, 5.41) is 12.1. The predicted octanol–water partition coefficient (Wildman–Crippen LogP) is 2.82. The van der Waals surface area contributed by atoms with Gasteiger partial charge in [-0.15, -0.1) is 0 Å². The lowest BCUT2D eigenvalue weighted by Gasteiger charge is -2.69. The van der Waals surface area contributed by atoms with Crippen LogP contribution in [0.1, 0.15) is 54.0 Å². The average Bonchev–Trinajstić information content (AvgIpc) is 3.47. The molecule has 1 aliphatic heterocycles. The molecule has 2 heterocycles. The number of nitrogens with zero attached hydrogens (tertiary/aromatic N) is 2. The lowest BCUT2D eigenvalue weighted by Crippen LogP contribution is -2.78. The number of nitrogens with one attached hydrogen (secondary N) is 4. The molecule has 10 heteroatoms. The van der Waals surface area contributed by atoms with Crippen molar-refractivity contribution in [2.45, 2.75) is 63.1 Å². The van der Waals surface area contributed by atoms with Gasteiger partial charge in [0.25, 0.3) is 0 Å². The van der Waals surface area contributed by atoms with Crippen molar-refractivity contribution in [2.75, 3.05) is 24.2 Å². The summed E-state index contributed by atoms with van der Waals surface area (Å²) in [7, 11) is 1.88. The van der Waals surface area contributed by atoms with Crippen LogP contribution in [0.4, 0.5) is 11.5 Å². The smallest absolute Gasteiger partial charge is 0.244 e. The number of amides is 4. The van der Waals surface area contributed by atoms with Crippen LogP contribution < -0.4 is 21.3 Å². The Morgan fingerprint density at radius 2 is 1.73 bits per heavy atom. The third-order valence-electron chi connectivity index (χ3n) is 9.86. The predicted molar refractivity (Wildman–Crippen MR) is 164 cm³/mol. The van der Waals surface area contributed by atoms with E-state index in [2.05, 4.69) is 26.3 Å². The molecule has 4 amide bonds. The quantitative estimate of drug-likeness (QED) is 0.302. The zero-order valence-electron chi connectivity index (χ0n) is 25.0. The standard InChI is InChI=1S/C34H36N6O4/c1-21(41)39-33-18-32(19-33,20-33)31(44)40(16-24-7-4-3-6-23(24)15-35-2)17-28(42)37-26-10-9-22-13-34(14-25(22)12-26)27-8-5-11-36-29(27)38-30(34)43/h3-12,35H,13-20H2,1-2H3,(H,37,42)(H,39,41)(H,36,38,43)/t32?,33?,34-/m1/s1. The van der Waals surface area contributed by atoms with Crippen molar-refractivity contribution in [1.82, 2.24) is 20.5 Å². The zero-order valence-corrected chi connectivity index (χ0v) is 25.0. The van der Waals surface area contributed by atoms with Gasteiger partial charge in [0.1, 0.15) is 12.4 Å². The van der Waals surface area contributed by atoms with Crippen LogP contribution in [-0.2, 0) is 50.5 Å². The number of carbonyl (C=O) groups excluding carboxylic acids is 4. The van der Waals surface area contributed by atoms with E-state index in [9.17, 15) is 19.2 Å². The highest BCUT2D eigenvalue weighted by molar-refractivity contribution is 6.06. The van der Waals surface area contributed by atoms with Crippen molar-refractivity contribution in [3.63, 3.8) is 0 Å². The van der Waals surface area contributed by atoms with E-state index in [1.807, 2.05) is 61.6 Å². The number of carbonyl (C=O) groups is 4. The number of hydrogen-bond acceptors (Lipinski definition) is 6. The van der Waals surface area contributed by atoms with Crippen LogP contribution in [0, 0.1) is 5.41 Å². The van der Waals surface area contributed by atoms with Gasteiger partial charge >= 0.3 is 0 Å². The molecular formula is C34H36N6O4. The van der Waals surface area contributed by atoms with Crippen LogP contribution >= 0.6 is 0 Å². The molecule has 1 aromatic heterocycles. The normalized spacial score (nSPS) is 25.3. The van der Waals surface area contributed by atoms with Crippen molar-refractivity contribution >= 4 is 35.1 Å². The minimum Gasteiger partial charge on any atom is -0.351 e. The molecule has 3 fully saturated rings. The number of pyridine rings is 1. The fraction of sp³-hybridized carbons (Fsp3) is 0.382. The molecule has 5 aliphatic rings. The Kier molecular flexibility index (Phi) is 6.58. The van der Waals surface area contributed by atoms with Crippen LogP contribution in [0.5, 0.6) is 0 Å². The lowest BCUT2D eigenvalue weighted by atomic mass is 9.39. The molecule has 1 spiro atoms. The maximum atomic E-state index is 14.0. The van der Waals surface area contributed by atoms with Crippen molar-refractivity contribution in [2.24, 2.45) is 5.41 Å². The molecule has 0 radical (unpaired) electrons. The maximum absolute atomic E-state index is 14.0. The summed E-state index contributed by atoms with van der Waals surface area (Å²) < 4.78 is 0. The summed E-state index contributed by atoms with van der Waals surface area (Å²) in [5.74, 6) is 0.154. The van der Waals surface area contributed by atoms with E-state index in [-0.39, 0.29) is 35.7 Å². The summed E-state index contributed by atoms with van der Waals surface area (Å²) in [4.78, 5) is 58.2.